The van der Waals surface area contributed by atoms with Crippen molar-refractivity contribution in [2.45, 2.75) is 6.92 Å². The fourth-order valence-corrected chi connectivity index (χ4v) is 3.00. The van der Waals surface area contributed by atoms with Gasteiger partial charge in [0.1, 0.15) is 11.3 Å². The van der Waals surface area contributed by atoms with Crippen molar-refractivity contribution in [2.75, 3.05) is 11.6 Å². The van der Waals surface area contributed by atoms with Gasteiger partial charge in [-0.3, -0.25) is 15.0 Å². The molecule has 0 saturated carbocycles. The molecule has 1 aliphatic heterocycles. The minimum absolute atomic E-state index is 0.0168. The number of carbonyl (C=O) groups is 2. The number of hydrazine groups is 1. The normalized spacial score (nSPS) is 15.6. The number of ether oxygens (including phenoxy) is 1. The van der Waals surface area contributed by atoms with Crippen molar-refractivity contribution in [2.24, 2.45) is 0 Å². The van der Waals surface area contributed by atoms with Crippen molar-refractivity contribution >= 4 is 51.1 Å². The Morgan fingerprint density at radius 1 is 1.24 bits per heavy atom. The molecule has 1 N–H and O–H groups in total. The maximum atomic E-state index is 12.7. The van der Waals surface area contributed by atoms with E-state index in [0.717, 1.165) is 4.47 Å². The van der Waals surface area contributed by atoms with Gasteiger partial charge < -0.3 is 4.74 Å². The predicted molar refractivity (Wildman–Crippen MR) is 100 cm³/mol. The van der Waals surface area contributed by atoms with Crippen molar-refractivity contribution in [3.63, 3.8) is 0 Å². The molecular formula is C18H14BrClN2O3. The molecule has 2 aromatic rings. The molecule has 25 heavy (non-hydrogen) atoms. The summed E-state index contributed by atoms with van der Waals surface area (Å²) >= 11 is 9.38. The molecule has 0 unspecified atom stereocenters. The molecular weight excluding hydrogens is 408 g/mol. The van der Waals surface area contributed by atoms with Crippen molar-refractivity contribution in [3.8, 4) is 5.75 Å². The highest BCUT2D eigenvalue weighted by atomic mass is 79.9. The average Bonchev–Trinajstić information content (AvgIpc) is 2.85. The van der Waals surface area contributed by atoms with Gasteiger partial charge in [0, 0.05) is 15.1 Å². The monoisotopic (exact) mass is 420 g/mol. The van der Waals surface area contributed by atoms with Crippen LogP contribution in [0, 0.1) is 0 Å². The Labute approximate surface area is 158 Å². The zero-order chi connectivity index (χ0) is 18.0. The Bertz CT molecular complexity index is 882. The van der Waals surface area contributed by atoms with E-state index >= 15 is 0 Å². The number of halogens is 2. The Kier molecular flexibility index (Phi) is 5.11. The number of anilines is 1. The fourth-order valence-electron chi connectivity index (χ4n) is 2.43. The lowest BCUT2D eigenvalue weighted by molar-refractivity contribution is -0.117. The first kappa shape index (κ1) is 17.5. The first-order chi connectivity index (χ1) is 12.0. The Morgan fingerprint density at radius 2 is 2.04 bits per heavy atom. The second-order valence-corrected chi connectivity index (χ2v) is 6.59. The standard InChI is InChI=1S/C18H14BrClN2O3/c1-2-25-16-7-6-13(20)8-11(16)9-15-17(23)21-22(18(15)24)14-5-3-4-12(19)10-14/h3-10H,2H2,1H3,(H,21,23). The summed E-state index contributed by atoms with van der Waals surface area (Å²) in [6.45, 7) is 2.32. The Balaban J connectivity index is 1.98. The molecule has 1 saturated heterocycles. The molecule has 5 nitrogen and oxygen atoms in total. The van der Waals surface area contributed by atoms with Gasteiger partial charge in [0.05, 0.1) is 12.3 Å². The summed E-state index contributed by atoms with van der Waals surface area (Å²) in [6.07, 6.45) is 1.49. The van der Waals surface area contributed by atoms with Crippen LogP contribution in [0.3, 0.4) is 0 Å². The summed E-state index contributed by atoms with van der Waals surface area (Å²) < 4.78 is 6.34. The molecule has 0 aromatic heterocycles. The summed E-state index contributed by atoms with van der Waals surface area (Å²) in [5, 5.41) is 1.70. The van der Waals surface area contributed by atoms with E-state index in [1.54, 1.807) is 36.4 Å². The highest BCUT2D eigenvalue weighted by molar-refractivity contribution is 9.10. The van der Waals surface area contributed by atoms with E-state index in [9.17, 15) is 9.59 Å². The van der Waals surface area contributed by atoms with Crippen LogP contribution < -0.4 is 15.2 Å². The van der Waals surface area contributed by atoms with Gasteiger partial charge in [0.2, 0.25) is 0 Å². The van der Waals surface area contributed by atoms with Crippen molar-refractivity contribution in [1.82, 2.24) is 5.43 Å². The van der Waals surface area contributed by atoms with Crippen LogP contribution >= 0.6 is 27.5 Å². The number of benzene rings is 2. The molecule has 0 atom stereocenters. The van der Waals surface area contributed by atoms with Gasteiger partial charge in [-0.2, -0.15) is 0 Å². The number of nitrogens with one attached hydrogen (secondary N) is 1. The zero-order valence-corrected chi connectivity index (χ0v) is 15.6. The molecule has 0 radical (unpaired) electrons. The van der Waals surface area contributed by atoms with Crippen molar-refractivity contribution < 1.29 is 14.3 Å². The molecule has 0 spiro atoms. The third-order valence-electron chi connectivity index (χ3n) is 3.53. The van der Waals surface area contributed by atoms with Crippen LogP contribution in [0.25, 0.3) is 6.08 Å². The number of nitrogens with zero attached hydrogens (tertiary/aromatic N) is 1. The third-order valence-corrected chi connectivity index (χ3v) is 4.26. The van der Waals surface area contributed by atoms with E-state index < -0.39 is 11.8 Å². The molecule has 1 fully saturated rings. The molecule has 3 rings (SSSR count). The van der Waals surface area contributed by atoms with Gasteiger partial charge in [-0.15, -0.1) is 0 Å². The number of carbonyl (C=O) groups excluding carboxylic acids is 2. The van der Waals surface area contributed by atoms with Gasteiger partial charge in [0.15, 0.2) is 0 Å². The van der Waals surface area contributed by atoms with Gasteiger partial charge in [-0.1, -0.05) is 33.6 Å². The molecule has 1 aliphatic rings. The second-order valence-electron chi connectivity index (χ2n) is 5.23. The molecule has 0 bridgehead atoms. The maximum absolute atomic E-state index is 12.7. The van der Waals surface area contributed by atoms with Crippen LogP contribution in [-0.2, 0) is 9.59 Å². The lowest BCUT2D eigenvalue weighted by atomic mass is 10.1. The highest BCUT2D eigenvalue weighted by Gasteiger charge is 2.34. The number of hydrogen-bond acceptors (Lipinski definition) is 3. The fraction of sp³-hybridized carbons (Fsp3) is 0.111. The molecule has 0 aliphatic carbocycles. The number of amides is 2. The number of rotatable bonds is 4. The number of hydrogen-bond donors (Lipinski definition) is 1. The second kappa shape index (κ2) is 7.29. The first-order valence-corrected chi connectivity index (χ1v) is 8.71. The maximum Gasteiger partial charge on any atom is 0.282 e. The van der Waals surface area contributed by atoms with E-state index in [1.807, 2.05) is 13.0 Å². The topological polar surface area (TPSA) is 58.6 Å². The van der Waals surface area contributed by atoms with Crippen LogP contribution in [0.2, 0.25) is 5.02 Å². The summed E-state index contributed by atoms with van der Waals surface area (Å²) in [5.74, 6) is -0.362. The molecule has 2 amide bonds. The van der Waals surface area contributed by atoms with E-state index in [4.69, 9.17) is 16.3 Å². The van der Waals surface area contributed by atoms with Gasteiger partial charge >= 0.3 is 0 Å². The predicted octanol–water partition coefficient (Wildman–Crippen LogP) is 3.96. The van der Waals surface area contributed by atoms with Crippen molar-refractivity contribution in [3.05, 3.63) is 63.1 Å². The van der Waals surface area contributed by atoms with Gasteiger partial charge in [0.25, 0.3) is 11.8 Å². The lowest BCUT2D eigenvalue weighted by Gasteiger charge is -2.14. The Hall–Kier alpha value is -2.31. The average molecular weight is 422 g/mol. The molecule has 7 heteroatoms. The van der Waals surface area contributed by atoms with Crippen LogP contribution in [0.4, 0.5) is 5.69 Å². The van der Waals surface area contributed by atoms with Gasteiger partial charge in [-0.05, 0) is 49.4 Å². The van der Waals surface area contributed by atoms with Crippen molar-refractivity contribution in [1.29, 1.82) is 0 Å². The van der Waals surface area contributed by atoms with E-state index in [-0.39, 0.29) is 5.57 Å². The van der Waals surface area contributed by atoms with Crippen LogP contribution in [0.15, 0.2) is 52.5 Å². The van der Waals surface area contributed by atoms with E-state index in [0.29, 0.717) is 28.6 Å². The van der Waals surface area contributed by atoms with E-state index in [2.05, 4.69) is 21.4 Å². The van der Waals surface area contributed by atoms with Gasteiger partial charge in [-0.25, -0.2) is 5.01 Å². The lowest BCUT2D eigenvalue weighted by Crippen LogP contribution is -2.35. The minimum atomic E-state index is -0.479. The summed E-state index contributed by atoms with van der Waals surface area (Å²) in [4.78, 5) is 25.0. The largest absolute Gasteiger partial charge is 0.493 e. The first-order valence-electron chi connectivity index (χ1n) is 7.54. The zero-order valence-electron chi connectivity index (χ0n) is 13.3. The van der Waals surface area contributed by atoms with Crippen LogP contribution in [-0.4, -0.2) is 18.4 Å². The molecule has 1 heterocycles. The Morgan fingerprint density at radius 3 is 2.76 bits per heavy atom. The molecule has 2 aromatic carbocycles. The summed E-state index contributed by atoms with van der Waals surface area (Å²) in [7, 11) is 0. The summed E-state index contributed by atoms with van der Waals surface area (Å²) in [5.41, 5.74) is 3.72. The highest BCUT2D eigenvalue weighted by Crippen LogP contribution is 2.28. The SMILES string of the molecule is CCOc1ccc(Cl)cc1C=C1C(=O)NN(c2cccc(Br)c2)C1=O. The quantitative estimate of drug-likeness (QED) is 0.600. The minimum Gasteiger partial charge on any atom is -0.493 e. The smallest absolute Gasteiger partial charge is 0.282 e. The van der Waals surface area contributed by atoms with E-state index in [1.165, 1.54) is 11.1 Å². The summed E-state index contributed by atoms with van der Waals surface area (Å²) in [6, 6.07) is 12.2. The van der Waals surface area contributed by atoms with Crippen LogP contribution in [0.5, 0.6) is 5.75 Å². The molecule has 128 valence electrons. The van der Waals surface area contributed by atoms with Crippen LogP contribution in [0.1, 0.15) is 12.5 Å². The third kappa shape index (κ3) is 3.70.